The summed E-state index contributed by atoms with van der Waals surface area (Å²) < 4.78 is 4.80. The second kappa shape index (κ2) is 4.57. The van der Waals surface area contributed by atoms with E-state index in [-0.39, 0.29) is 13.0 Å². The molecule has 1 N–H and O–H groups in total. The van der Waals surface area contributed by atoms with E-state index in [1.165, 1.54) is 0 Å². The van der Waals surface area contributed by atoms with Crippen LogP contribution in [0, 0.1) is 5.41 Å². The zero-order valence-corrected chi connectivity index (χ0v) is 9.39. The molecule has 1 aromatic rings. The Morgan fingerprint density at radius 3 is 2.59 bits per heavy atom. The molecule has 90 valence electrons. The molecule has 0 aliphatic carbocycles. The van der Waals surface area contributed by atoms with E-state index in [2.05, 4.69) is 0 Å². The number of carboxylic acid groups (broad SMARTS) is 1. The number of hydrogen-bond donors (Lipinski definition) is 1. The lowest BCUT2D eigenvalue weighted by molar-refractivity contribution is -0.160. The molecule has 1 saturated heterocycles. The van der Waals surface area contributed by atoms with Gasteiger partial charge in [-0.15, -0.1) is 0 Å². The van der Waals surface area contributed by atoms with E-state index < -0.39 is 17.4 Å². The molecule has 0 aromatic heterocycles. The Morgan fingerprint density at radius 1 is 1.35 bits per heavy atom. The van der Waals surface area contributed by atoms with Gasteiger partial charge < -0.3 is 9.84 Å². The topological polar surface area (TPSA) is 63.6 Å². The van der Waals surface area contributed by atoms with E-state index in [4.69, 9.17) is 4.74 Å². The van der Waals surface area contributed by atoms with Crippen LogP contribution in [-0.2, 0) is 20.7 Å². The lowest BCUT2D eigenvalue weighted by Gasteiger charge is -2.18. The van der Waals surface area contributed by atoms with Gasteiger partial charge in [0.2, 0.25) is 0 Å². The van der Waals surface area contributed by atoms with Crippen molar-refractivity contribution in [3.05, 3.63) is 35.9 Å². The van der Waals surface area contributed by atoms with Crippen molar-refractivity contribution in [2.24, 2.45) is 5.41 Å². The second-order valence-corrected chi connectivity index (χ2v) is 4.26. The summed E-state index contributed by atoms with van der Waals surface area (Å²) >= 11 is 0. The predicted molar refractivity (Wildman–Crippen MR) is 60.4 cm³/mol. The molecule has 1 atom stereocenters. The number of rotatable bonds is 4. The molecule has 0 spiro atoms. The molecule has 1 aliphatic rings. The van der Waals surface area contributed by atoms with Crippen molar-refractivity contribution >= 4 is 11.9 Å². The quantitative estimate of drug-likeness (QED) is 0.635. The standard InChI is InChI=1S/C13H14O4/c14-11(15)13(8-9-17-12(13)16)7-6-10-4-2-1-3-5-10/h1-5H,6-9H2,(H,14,15). The van der Waals surface area contributed by atoms with Crippen LogP contribution in [0.1, 0.15) is 18.4 Å². The first kappa shape index (κ1) is 11.6. The average molecular weight is 234 g/mol. The number of ether oxygens (including phenoxy) is 1. The number of aryl methyl sites for hydroxylation is 1. The second-order valence-electron chi connectivity index (χ2n) is 4.26. The van der Waals surface area contributed by atoms with E-state index in [1.54, 1.807) is 0 Å². The van der Waals surface area contributed by atoms with Crippen molar-refractivity contribution in [3.63, 3.8) is 0 Å². The molecule has 1 aromatic carbocycles. The molecule has 17 heavy (non-hydrogen) atoms. The minimum atomic E-state index is -1.34. The Balaban J connectivity index is 2.10. The van der Waals surface area contributed by atoms with Crippen LogP contribution in [0.15, 0.2) is 30.3 Å². The van der Waals surface area contributed by atoms with Gasteiger partial charge in [0, 0.05) is 6.42 Å². The van der Waals surface area contributed by atoms with E-state index in [0.717, 1.165) is 5.56 Å². The first-order valence-corrected chi connectivity index (χ1v) is 5.60. The minimum Gasteiger partial charge on any atom is -0.480 e. The summed E-state index contributed by atoms with van der Waals surface area (Å²) in [7, 11) is 0. The molecule has 1 aliphatic heterocycles. The number of aliphatic carboxylic acids is 1. The van der Waals surface area contributed by atoms with E-state index in [1.807, 2.05) is 30.3 Å². The van der Waals surface area contributed by atoms with Crippen molar-refractivity contribution in [2.75, 3.05) is 6.61 Å². The molecule has 2 rings (SSSR count). The van der Waals surface area contributed by atoms with E-state index in [9.17, 15) is 14.7 Å². The summed E-state index contributed by atoms with van der Waals surface area (Å²) in [5.74, 6) is -1.67. The highest BCUT2D eigenvalue weighted by Gasteiger charge is 2.50. The minimum absolute atomic E-state index is 0.208. The van der Waals surface area contributed by atoms with Crippen molar-refractivity contribution in [3.8, 4) is 0 Å². The van der Waals surface area contributed by atoms with Gasteiger partial charge in [-0.25, -0.2) is 0 Å². The molecule has 0 bridgehead atoms. The third kappa shape index (κ3) is 2.16. The summed E-state index contributed by atoms with van der Waals surface area (Å²) in [6.45, 7) is 0.208. The molecule has 1 unspecified atom stereocenters. The Hall–Kier alpha value is -1.84. The van der Waals surface area contributed by atoms with Crippen LogP contribution in [0.4, 0.5) is 0 Å². The molecular weight excluding hydrogens is 220 g/mol. The molecule has 1 fully saturated rings. The predicted octanol–water partition coefficient (Wildman–Crippen LogP) is 1.64. The number of carbonyl (C=O) groups excluding carboxylic acids is 1. The average Bonchev–Trinajstić information content (AvgIpc) is 2.71. The number of benzene rings is 1. The van der Waals surface area contributed by atoms with Crippen molar-refractivity contribution in [1.29, 1.82) is 0 Å². The fourth-order valence-corrected chi connectivity index (χ4v) is 2.09. The molecule has 0 radical (unpaired) electrons. The van der Waals surface area contributed by atoms with Crippen LogP contribution in [-0.4, -0.2) is 23.7 Å². The van der Waals surface area contributed by atoms with Gasteiger partial charge in [0.25, 0.3) is 0 Å². The normalized spacial score (nSPS) is 23.4. The molecule has 0 saturated carbocycles. The van der Waals surface area contributed by atoms with Crippen molar-refractivity contribution < 1.29 is 19.4 Å². The smallest absolute Gasteiger partial charge is 0.323 e. The van der Waals surface area contributed by atoms with Gasteiger partial charge in [-0.05, 0) is 18.4 Å². The third-order valence-corrected chi connectivity index (χ3v) is 3.25. The van der Waals surface area contributed by atoms with Crippen LogP contribution in [0.5, 0.6) is 0 Å². The highest BCUT2D eigenvalue weighted by Crippen LogP contribution is 2.35. The summed E-state index contributed by atoms with van der Waals surface area (Å²) in [4.78, 5) is 22.8. The Morgan fingerprint density at radius 2 is 2.06 bits per heavy atom. The van der Waals surface area contributed by atoms with Crippen LogP contribution in [0.25, 0.3) is 0 Å². The van der Waals surface area contributed by atoms with Crippen LogP contribution >= 0.6 is 0 Å². The zero-order chi connectivity index (χ0) is 12.3. The van der Waals surface area contributed by atoms with Gasteiger partial charge in [-0.2, -0.15) is 0 Å². The number of hydrogen-bond acceptors (Lipinski definition) is 3. The molecule has 0 amide bonds. The SMILES string of the molecule is O=C(O)C1(CCc2ccccc2)CCOC1=O. The number of cyclic esters (lactones) is 1. The fraction of sp³-hybridized carbons (Fsp3) is 0.385. The number of carboxylic acids is 1. The number of carbonyl (C=O) groups is 2. The van der Waals surface area contributed by atoms with Crippen LogP contribution in [0.2, 0.25) is 0 Å². The van der Waals surface area contributed by atoms with Crippen LogP contribution < -0.4 is 0 Å². The first-order valence-electron chi connectivity index (χ1n) is 5.60. The maximum Gasteiger partial charge on any atom is 0.323 e. The Kier molecular flexibility index (Phi) is 3.13. The summed E-state index contributed by atoms with van der Waals surface area (Å²) in [5, 5.41) is 9.21. The van der Waals surface area contributed by atoms with E-state index in [0.29, 0.717) is 12.8 Å². The maximum atomic E-state index is 11.6. The van der Waals surface area contributed by atoms with Crippen molar-refractivity contribution in [2.45, 2.75) is 19.3 Å². The highest BCUT2D eigenvalue weighted by atomic mass is 16.5. The van der Waals surface area contributed by atoms with Crippen molar-refractivity contribution in [1.82, 2.24) is 0 Å². The van der Waals surface area contributed by atoms with Gasteiger partial charge >= 0.3 is 11.9 Å². The Labute approximate surface area is 99.2 Å². The fourth-order valence-electron chi connectivity index (χ4n) is 2.09. The molecular formula is C13H14O4. The summed E-state index contributed by atoms with van der Waals surface area (Å²) in [6, 6.07) is 9.55. The third-order valence-electron chi connectivity index (χ3n) is 3.25. The lowest BCUT2D eigenvalue weighted by atomic mass is 9.81. The Bertz CT molecular complexity index is 426. The van der Waals surface area contributed by atoms with Gasteiger partial charge in [0.15, 0.2) is 5.41 Å². The van der Waals surface area contributed by atoms with Gasteiger partial charge in [-0.3, -0.25) is 9.59 Å². The monoisotopic (exact) mass is 234 g/mol. The molecule has 4 nitrogen and oxygen atoms in total. The van der Waals surface area contributed by atoms with Gasteiger partial charge in [-0.1, -0.05) is 30.3 Å². The lowest BCUT2D eigenvalue weighted by Crippen LogP contribution is -2.36. The number of esters is 1. The largest absolute Gasteiger partial charge is 0.480 e. The summed E-state index contributed by atoms with van der Waals surface area (Å²) in [6.07, 6.45) is 1.14. The maximum absolute atomic E-state index is 11.6. The molecule has 4 heteroatoms. The van der Waals surface area contributed by atoms with Gasteiger partial charge in [0.05, 0.1) is 6.61 Å². The molecule has 1 heterocycles. The summed E-state index contributed by atoms with van der Waals surface area (Å²) in [5.41, 5.74) is -0.302. The van der Waals surface area contributed by atoms with Crippen LogP contribution in [0.3, 0.4) is 0 Å². The first-order chi connectivity index (χ1) is 8.15. The zero-order valence-electron chi connectivity index (χ0n) is 9.39. The van der Waals surface area contributed by atoms with Gasteiger partial charge in [0.1, 0.15) is 0 Å². The van der Waals surface area contributed by atoms with E-state index >= 15 is 0 Å². The highest BCUT2D eigenvalue weighted by molar-refractivity contribution is 6.00.